The Morgan fingerprint density at radius 3 is 2.45 bits per heavy atom. The number of carbonyl (C=O) groups excluding carboxylic acids is 1. The summed E-state index contributed by atoms with van der Waals surface area (Å²) in [5.74, 6) is -2.03. The number of aromatic nitrogens is 1. The number of hydrogen-bond acceptors (Lipinski definition) is 5. The number of ether oxygens (including phenoxy) is 1. The summed E-state index contributed by atoms with van der Waals surface area (Å²) >= 11 is 0. The molecular formula is C23H28F2N4O2. The number of halogens is 2. The van der Waals surface area contributed by atoms with E-state index in [1.165, 1.54) is 4.90 Å². The quantitative estimate of drug-likeness (QED) is 0.717. The predicted octanol–water partition coefficient (Wildman–Crippen LogP) is 4.25. The largest absolute Gasteiger partial charge is 0.379 e. The molecule has 31 heavy (non-hydrogen) atoms. The van der Waals surface area contributed by atoms with Gasteiger partial charge in [0.05, 0.1) is 23.5 Å². The van der Waals surface area contributed by atoms with Crippen molar-refractivity contribution in [1.82, 2.24) is 9.88 Å². The third-order valence-corrected chi connectivity index (χ3v) is 5.82. The van der Waals surface area contributed by atoms with Crippen LogP contribution in [0.4, 0.5) is 20.3 Å². The molecule has 1 aliphatic heterocycles. The molecule has 166 valence electrons. The first-order valence-electron chi connectivity index (χ1n) is 10.5. The number of carbonyl (C=O) groups is 1. The fourth-order valence-electron chi connectivity index (χ4n) is 3.91. The van der Waals surface area contributed by atoms with E-state index in [4.69, 9.17) is 9.72 Å². The van der Waals surface area contributed by atoms with Crippen LogP contribution in [0.5, 0.6) is 0 Å². The normalized spacial score (nSPS) is 22.6. The van der Waals surface area contributed by atoms with Crippen LogP contribution in [0.2, 0.25) is 0 Å². The third-order valence-electron chi connectivity index (χ3n) is 5.82. The van der Waals surface area contributed by atoms with E-state index < -0.39 is 5.92 Å². The number of nitrogens with zero attached hydrogens (tertiary/aromatic N) is 2. The highest BCUT2D eigenvalue weighted by atomic mass is 19.3. The van der Waals surface area contributed by atoms with Gasteiger partial charge in [0.2, 0.25) is 0 Å². The van der Waals surface area contributed by atoms with Crippen LogP contribution in [-0.4, -0.2) is 60.6 Å². The van der Waals surface area contributed by atoms with E-state index in [1.807, 2.05) is 24.3 Å². The van der Waals surface area contributed by atoms with Crippen molar-refractivity contribution >= 4 is 17.4 Å². The van der Waals surface area contributed by atoms with Crippen molar-refractivity contribution in [3.8, 4) is 11.3 Å². The molecule has 1 aromatic carbocycles. The highest BCUT2D eigenvalue weighted by molar-refractivity contribution is 5.94. The second-order valence-corrected chi connectivity index (χ2v) is 8.96. The zero-order valence-electron chi connectivity index (χ0n) is 18.0. The number of benzene rings is 1. The van der Waals surface area contributed by atoms with Crippen LogP contribution in [0.3, 0.4) is 0 Å². The second-order valence-electron chi connectivity index (χ2n) is 8.96. The van der Waals surface area contributed by atoms with Gasteiger partial charge in [-0.25, -0.2) is 13.8 Å². The Kier molecular flexibility index (Phi) is 5.60. The van der Waals surface area contributed by atoms with Gasteiger partial charge in [0.25, 0.3) is 11.8 Å². The summed E-state index contributed by atoms with van der Waals surface area (Å²) in [5, 5.41) is 6.68. The third kappa shape index (κ3) is 4.79. The SMILES string of the molecule is CN(C)C(=O)c1ccc(-c2ccc(NC3CC(F)(F)C3)c(NC3(C)CCOC3)n2)cc1. The van der Waals surface area contributed by atoms with Crippen molar-refractivity contribution < 1.29 is 18.3 Å². The molecule has 1 aliphatic carbocycles. The van der Waals surface area contributed by atoms with Crippen LogP contribution in [0, 0.1) is 0 Å². The molecule has 8 heteroatoms. The first-order chi connectivity index (χ1) is 14.6. The van der Waals surface area contributed by atoms with Crippen LogP contribution in [0.15, 0.2) is 36.4 Å². The van der Waals surface area contributed by atoms with Crippen molar-refractivity contribution in [1.29, 1.82) is 0 Å². The van der Waals surface area contributed by atoms with E-state index in [0.717, 1.165) is 17.7 Å². The molecule has 0 bridgehead atoms. The van der Waals surface area contributed by atoms with Crippen LogP contribution in [0.1, 0.15) is 36.5 Å². The molecule has 0 spiro atoms. The van der Waals surface area contributed by atoms with Crippen LogP contribution < -0.4 is 10.6 Å². The maximum absolute atomic E-state index is 13.3. The molecule has 2 heterocycles. The molecule has 6 nitrogen and oxygen atoms in total. The number of alkyl halides is 2. The minimum absolute atomic E-state index is 0.0622. The van der Waals surface area contributed by atoms with Crippen LogP contribution in [0.25, 0.3) is 11.3 Å². The Bertz CT molecular complexity index is 949. The van der Waals surface area contributed by atoms with Gasteiger partial charge in [-0.05, 0) is 37.6 Å². The van der Waals surface area contributed by atoms with Gasteiger partial charge < -0.3 is 20.3 Å². The summed E-state index contributed by atoms with van der Waals surface area (Å²) in [6, 6.07) is 10.8. The van der Waals surface area contributed by atoms with Crippen molar-refractivity contribution in [2.45, 2.75) is 43.7 Å². The van der Waals surface area contributed by atoms with E-state index in [0.29, 0.717) is 30.3 Å². The molecule has 2 aromatic rings. The molecule has 2 N–H and O–H groups in total. The maximum atomic E-state index is 13.3. The summed E-state index contributed by atoms with van der Waals surface area (Å²) in [6.45, 7) is 3.29. The Morgan fingerprint density at radius 2 is 1.87 bits per heavy atom. The van der Waals surface area contributed by atoms with Gasteiger partial charge in [-0.1, -0.05) is 12.1 Å². The minimum Gasteiger partial charge on any atom is -0.379 e. The number of anilines is 2. The first-order valence-corrected chi connectivity index (χ1v) is 10.5. The lowest BCUT2D eigenvalue weighted by Gasteiger charge is -2.36. The van der Waals surface area contributed by atoms with Gasteiger partial charge in [0.1, 0.15) is 0 Å². The van der Waals surface area contributed by atoms with Crippen LogP contribution >= 0.6 is 0 Å². The number of hydrogen-bond donors (Lipinski definition) is 2. The summed E-state index contributed by atoms with van der Waals surface area (Å²) in [6.07, 6.45) is 0.493. The van der Waals surface area contributed by atoms with E-state index in [2.05, 4.69) is 17.6 Å². The number of amides is 1. The van der Waals surface area contributed by atoms with Gasteiger partial charge >= 0.3 is 0 Å². The van der Waals surface area contributed by atoms with E-state index in [-0.39, 0.29) is 30.3 Å². The predicted molar refractivity (Wildman–Crippen MR) is 117 cm³/mol. The summed E-state index contributed by atoms with van der Waals surface area (Å²) in [5.41, 5.74) is 2.64. The summed E-state index contributed by atoms with van der Waals surface area (Å²) in [4.78, 5) is 18.5. The lowest BCUT2D eigenvalue weighted by atomic mass is 9.88. The zero-order valence-corrected chi connectivity index (χ0v) is 18.0. The molecule has 2 fully saturated rings. The maximum Gasteiger partial charge on any atom is 0.253 e. The minimum atomic E-state index is -2.59. The topological polar surface area (TPSA) is 66.5 Å². The molecule has 1 saturated heterocycles. The Hall–Kier alpha value is -2.74. The fraction of sp³-hybridized carbons (Fsp3) is 0.478. The summed E-state index contributed by atoms with van der Waals surface area (Å²) in [7, 11) is 3.43. The molecule has 1 saturated carbocycles. The lowest BCUT2D eigenvalue weighted by molar-refractivity contribution is -0.0793. The zero-order chi connectivity index (χ0) is 22.2. The standard InChI is InChI=1S/C23H28F2N4O2/c1-22(10-11-31-14-22)28-20-19(26-17-12-23(24,25)13-17)9-8-18(27-20)15-4-6-16(7-5-15)21(30)29(2)3/h4-9,17,26H,10-14H2,1-3H3,(H,27,28). The van der Waals surface area contributed by atoms with Gasteiger partial charge in [-0.2, -0.15) is 0 Å². The molecule has 0 radical (unpaired) electrons. The smallest absolute Gasteiger partial charge is 0.253 e. The van der Waals surface area contributed by atoms with E-state index >= 15 is 0 Å². The molecule has 1 aromatic heterocycles. The average molecular weight is 430 g/mol. The van der Waals surface area contributed by atoms with E-state index in [9.17, 15) is 13.6 Å². The molecule has 4 rings (SSSR count). The first kappa shape index (κ1) is 21.5. The lowest BCUT2D eigenvalue weighted by Crippen LogP contribution is -2.44. The molecule has 1 unspecified atom stereocenters. The van der Waals surface area contributed by atoms with Gasteiger partial charge in [-0.3, -0.25) is 4.79 Å². The van der Waals surface area contributed by atoms with Gasteiger partial charge in [0, 0.05) is 50.7 Å². The highest BCUT2D eigenvalue weighted by Crippen LogP contribution is 2.40. The molecule has 2 aliphatic rings. The molecular weight excluding hydrogens is 402 g/mol. The van der Waals surface area contributed by atoms with Crippen LogP contribution in [-0.2, 0) is 4.74 Å². The second kappa shape index (κ2) is 8.07. The fourth-order valence-corrected chi connectivity index (χ4v) is 3.91. The molecule has 1 atom stereocenters. The highest BCUT2D eigenvalue weighted by Gasteiger charge is 2.45. The number of pyridine rings is 1. The number of nitrogens with one attached hydrogen (secondary N) is 2. The van der Waals surface area contributed by atoms with E-state index in [1.54, 1.807) is 26.2 Å². The number of rotatable bonds is 6. The van der Waals surface area contributed by atoms with Crippen molar-refractivity contribution in [3.63, 3.8) is 0 Å². The van der Waals surface area contributed by atoms with Crippen molar-refractivity contribution in [2.24, 2.45) is 0 Å². The monoisotopic (exact) mass is 430 g/mol. The summed E-state index contributed by atoms with van der Waals surface area (Å²) < 4.78 is 32.1. The Labute approximate surface area is 181 Å². The van der Waals surface area contributed by atoms with Gasteiger partial charge in [0.15, 0.2) is 5.82 Å². The van der Waals surface area contributed by atoms with Crippen molar-refractivity contribution in [3.05, 3.63) is 42.0 Å². The van der Waals surface area contributed by atoms with Gasteiger partial charge in [-0.15, -0.1) is 0 Å². The average Bonchev–Trinajstić information content (AvgIpc) is 3.13. The molecule has 1 amide bonds. The van der Waals surface area contributed by atoms with Crippen molar-refractivity contribution in [2.75, 3.05) is 37.9 Å². The Morgan fingerprint density at radius 1 is 1.16 bits per heavy atom. The Balaban J connectivity index is 1.60.